The molecule has 1 saturated carbocycles. The Morgan fingerprint density at radius 1 is 1.63 bits per heavy atom. The normalized spacial score (nSPS) is 24.6. The standard InChI is InChI=1S/C14H21N3OS/c1-4-18-12-8-11(14(12,2)3)17-9-5-6-16-10(7-9)13(15)19/h5-7,11-12H,4,8H2,1-3H3,(H2,15,19)(H,16,17). The van der Waals surface area contributed by atoms with E-state index in [-0.39, 0.29) is 5.41 Å². The van der Waals surface area contributed by atoms with E-state index in [2.05, 4.69) is 24.1 Å². The first-order valence-corrected chi connectivity index (χ1v) is 7.00. The van der Waals surface area contributed by atoms with Gasteiger partial charge in [-0.2, -0.15) is 0 Å². The molecule has 3 N–H and O–H groups in total. The maximum absolute atomic E-state index is 5.73. The van der Waals surface area contributed by atoms with Crippen LogP contribution in [0.15, 0.2) is 18.3 Å². The van der Waals surface area contributed by atoms with Crippen molar-refractivity contribution in [2.75, 3.05) is 11.9 Å². The van der Waals surface area contributed by atoms with Crippen LogP contribution in [0.2, 0.25) is 0 Å². The van der Waals surface area contributed by atoms with E-state index >= 15 is 0 Å². The zero-order valence-electron chi connectivity index (χ0n) is 11.6. The van der Waals surface area contributed by atoms with Gasteiger partial charge in [0, 0.05) is 29.9 Å². The van der Waals surface area contributed by atoms with Crippen LogP contribution in [0, 0.1) is 5.41 Å². The Hall–Kier alpha value is -1.20. The molecule has 0 radical (unpaired) electrons. The fraction of sp³-hybridized carbons (Fsp3) is 0.571. The van der Waals surface area contributed by atoms with E-state index in [0.29, 0.717) is 22.8 Å². The SMILES string of the molecule is CCOC1CC(Nc2ccnc(C(N)=S)c2)C1(C)C. The highest BCUT2D eigenvalue weighted by Crippen LogP contribution is 2.44. The van der Waals surface area contributed by atoms with Crippen molar-refractivity contribution in [3.8, 4) is 0 Å². The molecule has 2 unspecified atom stereocenters. The third kappa shape index (κ3) is 2.87. The maximum Gasteiger partial charge on any atom is 0.122 e. The number of hydrogen-bond donors (Lipinski definition) is 2. The number of nitrogens with two attached hydrogens (primary N) is 1. The Kier molecular flexibility index (Phi) is 4.06. The van der Waals surface area contributed by atoms with E-state index < -0.39 is 0 Å². The zero-order valence-corrected chi connectivity index (χ0v) is 12.5. The molecule has 0 bridgehead atoms. The quantitative estimate of drug-likeness (QED) is 0.810. The van der Waals surface area contributed by atoms with Gasteiger partial charge in [0.2, 0.25) is 0 Å². The summed E-state index contributed by atoms with van der Waals surface area (Å²) in [6.07, 6.45) is 3.07. The van der Waals surface area contributed by atoms with Crippen molar-refractivity contribution in [3.63, 3.8) is 0 Å². The van der Waals surface area contributed by atoms with Gasteiger partial charge in [0.15, 0.2) is 0 Å². The molecule has 104 valence electrons. The van der Waals surface area contributed by atoms with Crippen LogP contribution in [0.5, 0.6) is 0 Å². The molecule has 5 heteroatoms. The van der Waals surface area contributed by atoms with Crippen LogP contribution in [-0.4, -0.2) is 28.7 Å². The molecule has 0 amide bonds. The molecule has 2 atom stereocenters. The van der Waals surface area contributed by atoms with Gasteiger partial charge in [0.05, 0.1) is 11.8 Å². The molecule has 1 aliphatic rings. The minimum absolute atomic E-state index is 0.128. The second kappa shape index (κ2) is 5.43. The fourth-order valence-electron chi connectivity index (χ4n) is 2.47. The largest absolute Gasteiger partial charge is 0.388 e. The number of thiocarbonyl (C=S) groups is 1. The van der Waals surface area contributed by atoms with Crippen LogP contribution in [0.3, 0.4) is 0 Å². The number of pyridine rings is 1. The summed E-state index contributed by atoms with van der Waals surface area (Å²) in [5, 5.41) is 3.52. The average Bonchev–Trinajstić information content (AvgIpc) is 2.38. The maximum atomic E-state index is 5.73. The summed E-state index contributed by atoms with van der Waals surface area (Å²) in [7, 11) is 0. The molecule has 0 spiro atoms. The zero-order chi connectivity index (χ0) is 14.0. The molecule has 19 heavy (non-hydrogen) atoms. The molecular weight excluding hydrogens is 258 g/mol. The second-order valence-electron chi connectivity index (χ2n) is 5.49. The number of anilines is 1. The van der Waals surface area contributed by atoms with Gasteiger partial charge in [0.1, 0.15) is 4.99 Å². The molecule has 2 rings (SSSR count). The molecule has 4 nitrogen and oxygen atoms in total. The van der Waals surface area contributed by atoms with E-state index in [4.69, 9.17) is 22.7 Å². The van der Waals surface area contributed by atoms with E-state index in [1.165, 1.54) is 0 Å². The third-order valence-corrected chi connectivity index (χ3v) is 4.11. The highest BCUT2D eigenvalue weighted by Gasteiger charge is 2.48. The average molecular weight is 279 g/mol. The number of aromatic nitrogens is 1. The number of nitrogens with zero attached hydrogens (tertiary/aromatic N) is 1. The van der Waals surface area contributed by atoms with Gasteiger partial charge in [-0.1, -0.05) is 26.1 Å². The van der Waals surface area contributed by atoms with Crippen LogP contribution in [0.4, 0.5) is 5.69 Å². The molecular formula is C14H21N3OS. The lowest BCUT2D eigenvalue weighted by molar-refractivity contribution is -0.0975. The second-order valence-corrected chi connectivity index (χ2v) is 5.93. The number of rotatable bonds is 5. The summed E-state index contributed by atoms with van der Waals surface area (Å²) in [6.45, 7) is 7.25. The highest BCUT2D eigenvalue weighted by molar-refractivity contribution is 7.80. The summed E-state index contributed by atoms with van der Waals surface area (Å²) in [6, 6.07) is 4.23. The van der Waals surface area contributed by atoms with Crippen LogP contribution >= 0.6 is 12.2 Å². The predicted octanol–water partition coefficient (Wildman–Crippen LogP) is 2.33. The summed E-state index contributed by atoms with van der Waals surface area (Å²) in [4.78, 5) is 4.46. The number of hydrogen-bond acceptors (Lipinski definition) is 4. The van der Waals surface area contributed by atoms with Gasteiger partial charge in [-0.3, -0.25) is 4.98 Å². The van der Waals surface area contributed by atoms with Crippen molar-refractivity contribution in [3.05, 3.63) is 24.0 Å². The number of nitrogens with one attached hydrogen (secondary N) is 1. The molecule has 0 saturated heterocycles. The summed E-state index contributed by atoms with van der Waals surface area (Å²) >= 11 is 4.94. The van der Waals surface area contributed by atoms with Crippen molar-refractivity contribution in [1.29, 1.82) is 0 Å². The van der Waals surface area contributed by atoms with Gasteiger partial charge in [-0.15, -0.1) is 0 Å². The monoisotopic (exact) mass is 279 g/mol. The van der Waals surface area contributed by atoms with E-state index in [0.717, 1.165) is 18.7 Å². The van der Waals surface area contributed by atoms with E-state index in [9.17, 15) is 0 Å². The molecule has 1 fully saturated rings. The van der Waals surface area contributed by atoms with Crippen LogP contribution in [-0.2, 0) is 4.74 Å². The van der Waals surface area contributed by atoms with Gasteiger partial charge >= 0.3 is 0 Å². The van der Waals surface area contributed by atoms with Crippen LogP contribution in [0.1, 0.15) is 32.9 Å². The first kappa shape index (κ1) is 14.2. The first-order valence-electron chi connectivity index (χ1n) is 6.59. The van der Waals surface area contributed by atoms with Crippen molar-refractivity contribution in [2.24, 2.45) is 11.1 Å². The molecule has 0 aliphatic heterocycles. The van der Waals surface area contributed by atoms with Gasteiger partial charge < -0.3 is 15.8 Å². The molecule has 1 aliphatic carbocycles. The molecule has 1 aromatic rings. The third-order valence-electron chi connectivity index (χ3n) is 3.90. The Labute approximate surface area is 119 Å². The van der Waals surface area contributed by atoms with Gasteiger partial charge in [-0.05, 0) is 25.5 Å². The smallest absolute Gasteiger partial charge is 0.122 e. The molecule has 0 aromatic carbocycles. The van der Waals surface area contributed by atoms with E-state index in [1.54, 1.807) is 6.20 Å². The van der Waals surface area contributed by atoms with Crippen molar-refractivity contribution >= 4 is 22.9 Å². The van der Waals surface area contributed by atoms with Gasteiger partial charge in [-0.25, -0.2) is 0 Å². The Morgan fingerprint density at radius 3 is 2.95 bits per heavy atom. The lowest BCUT2D eigenvalue weighted by Gasteiger charge is -2.52. The van der Waals surface area contributed by atoms with Crippen molar-refractivity contribution in [1.82, 2.24) is 4.98 Å². The summed E-state index contributed by atoms with van der Waals surface area (Å²) in [5.41, 5.74) is 7.38. The Balaban J connectivity index is 2.03. The number of ether oxygens (including phenoxy) is 1. The minimum atomic E-state index is 0.128. The minimum Gasteiger partial charge on any atom is -0.388 e. The van der Waals surface area contributed by atoms with Crippen molar-refractivity contribution < 1.29 is 4.74 Å². The Bertz CT molecular complexity index is 476. The topological polar surface area (TPSA) is 60.2 Å². The summed E-state index contributed by atoms with van der Waals surface area (Å²) in [5.74, 6) is 0. The van der Waals surface area contributed by atoms with Crippen molar-refractivity contribution in [2.45, 2.75) is 39.3 Å². The van der Waals surface area contributed by atoms with Gasteiger partial charge in [0.25, 0.3) is 0 Å². The molecule has 1 heterocycles. The van der Waals surface area contributed by atoms with Crippen LogP contribution in [0.25, 0.3) is 0 Å². The predicted molar refractivity (Wildman–Crippen MR) is 81.3 cm³/mol. The lowest BCUT2D eigenvalue weighted by Crippen LogP contribution is -2.58. The molecule has 1 aromatic heterocycles. The highest BCUT2D eigenvalue weighted by atomic mass is 32.1. The summed E-state index contributed by atoms with van der Waals surface area (Å²) < 4.78 is 5.73. The van der Waals surface area contributed by atoms with Crippen LogP contribution < -0.4 is 11.1 Å². The first-order chi connectivity index (χ1) is 8.95. The van der Waals surface area contributed by atoms with E-state index in [1.807, 2.05) is 19.1 Å². The Morgan fingerprint density at radius 2 is 2.37 bits per heavy atom. The lowest BCUT2D eigenvalue weighted by atomic mass is 9.64. The fourth-order valence-corrected chi connectivity index (χ4v) is 2.58.